The summed E-state index contributed by atoms with van der Waals surface area (Å²) in [6.45, 7) is 1.32. The fraction of sp³-hybridized carbons (Fsp3) is 0.417. The highest BCUT2D eigenvalue weighted by molar-refractivity contribution is 6.18. The minimum absolute atomic E-state index is 0.0143. The molecule has 0 bridgehead atoms. The summed E-state index contributed by atoms with van der Waals surface area (Å²) in [6, 6.07) is 3.65. The molecule has 0 saturated heterocycles. The van der Waals surface area contributed by atoms with Crippen LogP contribution in [0.5, 0.6) is 0 Å². The molecule has 94 valence electrons. The Morgan fingerprint density at radius 3 is 2.53 bits per heavy atom. The van der Waals surface area contributed by atoms with E-state index in [1.165, 1.54) is 19.1 Å². The molecule has 0 amide bonds. The molecule has 0 saturated carbocycles. The molecule has 1 aromatic carbocycles. The molecular formula is C12H12ClF3O. The molecule has 0 atom stereocenters. The maximum Gasteiger partial charge on any atom is 0.416 e. The molecule has 0 heterocycles. The number of rotatable bonds is 4. The molecule has 17 heavy (non-hydrogen) atoms. The zero-order valence-electron chi connectivity index (χ0n) is 9.27. The van der Waals surface area contributed by atoms with Crippen LogP contribution in [0.25, 0.3) is 0 Å². The fourth-order valence-electron chi connectivity index (χ4n) is 1.61. The van der Waals surface area contributed by atoms with Crippen molar-refractivity contribution in [2.45, 2.75) is 25.9 Å². The first-order chi connectivity index (χ1) is 7.88. The van der Waals surface area contributed by atoms with E-state index >= 15 is 0 Å². The lowest BCUT2D eigenvalue weighted by Crippen LogP contribution is -2.11. The van der Waals surface area contributed by atoms with Gasteiger partial charge < -0.3 is 0 Å². The van der Waals surface area contributed by atoms with Crippen LogP contribution in [0.4, 0.5) is 13.2 Å². The molecule has 0 aromatic heterocycles. The van der Waals surface area contributed by atoms with E-state index in [1.54, 1.807) is 0 Å². The van der Waals surface area contributed by atoms with E-state index in [0.29, 0.717) is 12.3 Å². The average molecular weight is 265 g/mol. The van der Waals surface area contributed by atoms with Gasteiger partial charge in [-0.3, -0.25) is 4.79 Å². The van der Waals surface area contributed by atoms with E-state index < -0.39 is 11.7 Å². The van der Waals surface area contributed by atoms with Gasteiger partial charge in [0.25, 0.3) is 0 Å². The third-order valence-corrected chi connectivity index (χ3v) is 2.74. The van der Waals surface area contributed by atoms with Crippen LogP contribution in [-0.2, 0) is 6.18 Å². The Labute approximate surface area is 103 Å². The van der Waals surface area contributed by atoms with Crippen LogP contribution in [-0.4, -0.2) is 11.7 Å². The monoisotopic (exact) mass is 264 g/mol. The average Bonchev–Trinajstić information content (AvgIpc) is 2.24. The molecule has 0 aliphatic rings. The minimum Gasteiger partial charge on any atom is -0.294 e. The third kappa shape index (κ3) is 3.46. The lowest BCUT2D eigenvalue weighted by molar-refractivity contribution is -0.138. The van der Waals surface area contributed by atoms with Gasteiger partial charge in [-0.15, -0.1) is 11.6 Å². The highest BCUT2D eigenvalue weighted by Crippen LogP contribution is 2.33. The first kappa shape index (κ1) is 14.0. The van der Waals surface area contributed by atoms with Crippen LogP contribution in [0.2, 0.25) is 0 Å². The zero-order chi connectivity index (χ0) is 13.1. The van der Waals surface area contributed by atoms with Gasteiger partial charge in [-0.05, 0) is 25.0 Å². The van der Waals surface area contributed by atoms with Gasteiger partial charge in [-0.1, -0.05) is 12.1 Å². The number of Topliss-reactive ketones (excluding diaryl/α,β-unsaturated/α-hetero) is 1. The summed E-state index contributed by atoms with van der Waals surface area (Å²) in [6.07, 6.45) is -3.78. The number of benzene rings is 1. The van der Waals surface area contributed by atoms with Crippen LogP contribution in [0, 0.1) is 6.92 Å². The predicted octanol–water partition coefficient (Wildman–Crippen LogP) is 4.22. The van der Waals surface area contributed by atoms with Gasteiger partial charge in [0.2, 0.25) is 0 Å². The highest BCUT2D eigenvalue weighted by Gasteiger charge is 2.33. The summed E-state index contributed by atoms with van der Waals surface area (Å²) in [7, 11) is 0. The number of halogens is 4. The standard InChI is InChI=1S/C12H12ClF3O/c1-8-9(11(17)6-3-7-13)4-2-5-10(8)12(14,15)16/h2,4-5H,3,6-7H2,1H3. The normalized spacial score (nSPS) is 11.6. The van der Waals surface area contributed by atoms with Crippen molar-refractivity contribution >= 4 is 17.4 Å². The Bertz CT molecular complexity index is 413. The maximum atomic E-state index is 12.6. The van der Waals surface area contributed by atoms with E-state index in [2.05, 4.69) is 0 Å². The maximum absolute atomic E-state index is 12.6. The van der Waals surface area contributed by atoms with Crippen molar-refractivity contribution < 1.29 is 18.0 Å². The van der Waals surface area contributed by atoms with Crippen LogP contribution in [0.3, 0.4) is 0 Å². The van der Waals surface area contributed by atoms with Gasteiger partial charge in [0.1, 0.15) is 0 Å². The molecule has 1 aromatic rings. The molecule has 0 N–H and O–H groups in total. The molecule has 0 aliphatic heterocycles. The number of alkyl halides is 4. The second-order valence-corrected chi connectivity index (χ2v) is 4.07. The molecule has 0 fully saturated rings. The smallest absolute Gasteiger partial charge is 0.294 e. The molecule has 1 rings (SSSR count). The Balaban J connectivity index is 3.06. The quantitative estimate of drug-likeness (QED) is 0.588. The number of hydrogen-bond donors (Lipinski definition) is 0. The number of carbonyl (C=O) groups excluding carboxylic acids is 1. The predicted molar refractivity (Wildman–Crippen MR) is 60.5 cm³/mol. The summed E-state index contributed by atoms with van der Waals surface area (Å²) >= 11 is 5.44. The number of carbonyl (C=O) groups is 1. The Kier molecular flexibility index (Phi) is 4.57. The second-order valence-electron chi connectivity index (χ2n) is 3.69. The van der Waals surface area contributed by atoms with Gasteiger partial charge in [0, 0.05) is 17.9 Å². The van der Waals surface area contributed by atoms with Crippen LogP contribution in [0.1, 0.15) is 34.3 Å². The molecule has 0 unspecified atom stereocenters. The van der Waals surface area contributed by atoms with Crippen molar-refractivity contribution in [3.05, 3.63) is 34.9 Å². The summed E-state index contributed by atoms with van der Waals surface area (Å²) in [4.78, 5) is 11.7. The van der Waals surface area contributed by atoms with Crippen molar-refractivity contribution in [1.29, 1.82) is 0 Å². The topological polar surface area (TPSA) is 17.1 Å². The Morgan fingerprint density at radius 2 is 2.00 bits per heavy atom. The van der Waals surface area contributed by atoms with Crippen molar-refractivity contribution in [3.8, 4) is 0 Å². The third-order valence-electron chi connectivity index (χ3n) is 2.48. The van der Waals surface area contributed by atoms with E-state index in [9.17, 15) is 18.0 Å². The van der Waals surface area contributed by atoms with Crippen molar-refractivity contribution in [2.24, 2.45) is 0 Å². The molecule has 0 spiro atoms. The molecule has 5 heteroatoms. The summed E-state index contributed by atoms with van der Waals surface area (Å²) in [5, 5.41) is 0. The van der Waals surface area contributed by atoms with Crippen LogP contribution < -0.4 is 0 Å². The zero-order valence-corrected chi connectivity index (χ0v) is 10.0. The highest BCUT2D eigenvalue weighted by atomic mass is 35.5. The van der Waals surface area contributed by atoms with E-state index in [4.69, 9.17) is 11.6 Å². The van der Waals surface area contributed by atoms with Crippen LogP contribution >= 0.6 is 11.6 Å². The Hall–Kier alpha value is -1.03. The van der Waals surface area contributed by atoms with E-state index in [0.717, 1.165) is 6.07 Å². The van der Waals surface area contributed by atoms with E-state index in [1.807, 2.05) is 0 Å². The summed E-state index contributed by atoms with van der Waals surface area (Å²) in [5.41, 5.74) is -0.640. The number of hydrogen-bond acceptors (Lipinski definition) is 1. The molecular weight excluding hydrogens is 253 g/mol. The molecule has 1 nitrogen and oxygen atoms in total. The summed E-state index contributed by atoms with van der Waals surface area (Å²) < 4.78 is 37.8. The van der Waals surface area contributed by atoms with E-state index in [-0.39, 0.29) is 23.3 Å². The van der Waals surface area contributed by atoms with Gasteiger partial charge in [-0.25, -0.2) is 0 Å². The van der Waals surface area contributed by atoms with Gasteiger partial charge in [-0.2, -0.15) is 13.2 Å². The lowest BCUT2D eigenvalue weighted by atomic mass is 9.97. The second kappa shape index (κ2) is 5.54. The number of ketones is 1. The lowest BCUT2D eigenvalue weighted by Gasteiger charge is -2.13. The van der Waals surface area contributed by atoms with Crippen molar-refractivity contribution in [3.63, 3.8) is 0 Å². The minimum atomic E-state index is -4.42. The Morgan fingerprint density at radius 1 is 1.35 bits per heavy atom. The largest absolute Gasteiger partial charge is 0.416 e. The molecule has 0 aliphatic carbocycles. The van der Waals surface area contributed by atoms with Crippen molar-refractivity contribution in [1.82, 2.24) is 0 Å². The SMILES string of the molecule is Cc1c(C(=O)CCCCl)cccc1C(F)(F)F. The van der Waals surface area contributed by atoms with Crippen LogP contribution in [0.15, 0.2) is 18.2 Å². The van der Waals surface area contributed by atoms with Gasteiger partial charge in [0.05, 0.1) is 5.56 Å². The van der Waals surface area contributed by atoms with Crippen molar-refractivity contribution in [2.75, 3.05) is 5.88 Å². The fourth-order valence-corrected chi connectivity index (χ4v) is 1.74. The van der Waals surface area contributed by atoms with Gasteiger partial charge in [0.15, 0.2) is 5.78 Å². The first-order valence-electron chi connectivity index (χ1n) is 5.14. The molecule has 0 radical (unpaired) electrons. The summed E-state index contributed by atoms with van der Waals surface area (Å²) in [5.74, 6) is 0.0262. The first-order valence-corrected chi connectivity index (χ1v) is 5.67. The van der Waals surface area contributed by atoms with Gasteiger partial charge >= 0.3 is 6.18 Å².